The Morgan fingerprint density at radius 3 is 1.40 bits per heavy atom. The first-order valence-electron chi connectivity index (χ1n) is 15.8. The predicted molar refractivity (Wildman–Crippen MR) is 206 cm³/mol. The van der Waals surface area contributed by atoms with Gasteiger partial charge in [0.05, 0.1) is 13.2 Å². The van der Waals surface area contributed by atoms with Crippen LogP contribution in [0.5, 0.6) is 0 Å². The van der Waals surface area contributed by atoms with E-state index in [-0.39, 0.29) is 25.6 Å². The Bertz CT molecular complexity index is 1780. The molecule has 0 fully saturated rings. The fourth-order valence-electron chi connectivity index (χ4n) is 4.48. The van der Waals surface area contributed by atoms with Gasteiger partial charge in [-0.2, -0.15) is 0 Å². The van der Waals surface area contributed by atoms with Gasteiger partial charge in [-0.3, -0.25) is 0 Å². The molecular weight excluding hydrogens is 671 g/mol. The van der Waals surface area contributed by atoms with E-state index in [1.165, 1.54) is 34.9 Å². The van der Waals surface area contributed by atoms with Crippen LogP contribution >= 0.6 is 24.0 Å². The van der Waals surface area contributed by atoms with Crippen molar-refractivity contribution >= 4 is 52.8 Å². The topological polar surface area (TPSA) is 154 Å². The maximum absolute atomic E-state index is 8.84. The van der Waals surface area contributed by atoms with E-state index in [1.807, 2.05) is 42.5 Å². The second-order valence-electron chi connectivity index (χ2n) is 10.6. The molecule has 12 heteroatoms. The summed E-state index contributed by atoms with van der Waals surface area (Å²) in [7, 11) is 0. The van der Waals surface area contributed by atoms with Gasteiger partial charge in [-0.15, -0.1) is 12.4 Å². The zero-order valence-corrected chi connectivity index (χ0v) is 29.1. The lowest BCUT2D eigenvalue weighted by molar-refractivity contribution is 0.306. The second-order valence-corrected chi connectivity index (χ2v) is 11.0. The minimum Gasteiger partial charge on any atom is -0.395 e. The molecule has 0 aliphatic rings. The van der Waals surface area contributed by atoms with E-state index < -0.39 is 0 Å². The Hall–Kier alpha value is -5.10. The first kappa shape index (κ1) is 39.3. The molecular formula is C38H42Cl2N8O2. The molecule has 0 aliphatic heterocycles. The molecule has 0 bridgehead atoms. The maximum Gasteiger partial charge on any atom is 0.135 e. The standard InChI is InChI=1S/C19H20N4O.C17H14ClN3.C2H7NO.ClH/c24-11-10-20-18-13-19(22-14-21-18)23-17-8-6-16(7-9-17)12-15-4-2-1-3-5-15;18-16-11-17(20-12-19-16)21-15-8-6-14(7-9-15)10-13-4-2-1-3-5-13;3-1-2-4;/h1-9,13-14,24H,10-12H2,(H2,20,21,22,23);1-9,11-12H,10H2,(H,19,20,21);4H,1-3H2;1H. The zero-order chi connectivity index (χ0) is 34.5. The molecule has 10 nitrogen and oxygen atoms in total. The lowest BCUT2D eigenvalue weighted by atomic mass is 10.0. The van der Waals surface area contributed by atoms with Gasteiger partial charge >= 0.3 is 0 Å². The number of aromatic nitrogens is 4. The van der Waals surface area contributed by atoms with Crippen LogP contribution < -0.4 is 21.7 Å². The number of nitrogens with two attached hydrogens (primary N) is 1. The summed E-state index contributed by atoms with van der Waals surface area (Å²) in [5.74, 6) is 2.08. The molecule has 6 aromatic rings. The largest absolute Gasteiger partial charge is 0.395 e. The maximum atomic E-state index is 8.84. The van der Waals surface area contributed by atoms with Gasteiger partial charge in [0, 0.05) is 36.6 Å². The zero-order valence-electron chi connectivity index (χ0n) is 27.5. The summed E-state index contributed by atoms with van der Waals surface area (Å²) in [6.07, 6.45) is 4.78. The van der Waals surface area contributed by atoms with Crippen molar-refractivity contribution in [1.82, 2.24) is 19.9 Å². The summed E-state index contributed by atoms with van der Waals surface area (Å²) in [6.45, 7) is 1.00. The van der Waals surface area contributed by atoms with Gasteiger partial charge in [0.1, 0.15) is 35.3 Å². The van der Waals surface area contributed by atoms with E-state index >= 15 is 0 Å². The van der Waals surface area contributed by atoms with E-state index in [4.69, 9.17) is 27.5 Å². The van der Waals surface area contributed by atoms with Gasteiger partial charge in [-0.05, 0) is 59.4 Å². The molecule has 0 aliphatic carbocycles. The van der Waals surface area contributed by atoms with Crippen molar-refractivity contribution < 1.29 is 10.2 Å². The number of nitrogens with one attached hydrogen (secondary N) is 3. The van der Waals surface area contributed by atoms with E-state index in [1.54, 1.807) is 6.07 Å². The van der Waals surface area contributed by atoms with Crippen LogP contribution in [0.3, 0.4) is 0 Å². The fraction of sp³-hybridized carbons (Fsp3) is 0.158. The van der Waals surface area contributed by atoms with Crippen LogP contribution in [0.25, 0.3) is 0 Å². The van der Waals surface area contributed by atoms with E-state index in [2.05, 4.69) is 109 Å². The minimum absolute atomic E-state index is 0. The number of benzene rings is 4. The highest BCUT2D eigenvalue weighted by atomic mass is 35.5. The molecule has 0 unspecified atom stereocenters. The highest BCUT2D eigenvalue weighted by Gasteiger charge is 2.02. The third-order valence-corrected chi connectivity index (χ3v) is 7.01. The first-order chi connectivity index (χ1) is 24.0. The molecule has 2 aromatic heterocycles. The molecule has 4 aromatic carbocycles. The quantitative estimate of drug-likeness (QED) is 0.0728. The van der Waals surface area contributed by atoms with Crippen molar-refractivity contribution in [2.24, 2.45) is 5.73 Å². The molecule has 0 saturated carbocycles. The van der Waals surface area contributed by atoms with Crippen molar-refractivity contribution in [1.29, 1.82) is 0 Å². The highest BCUT2D eigenvalue weighted by Crippen LogP contribution is 2.20. The summed E-state index contributed by atoms with van der Waals surface area (Å²) in [5, 5.41) is 26.5. The molecule has 0 spiro atoms. The first-order valence-corrected chi connectivity index (χ1v) is 16.2. The van der Waals surface area contributed by atoms with Crippen LogP contribution in [0, 0.1) is 0 Å². The molecule has 0 atom stereocenters. The number of aliphatic hydroxyl groups excluding tert-OH is 2. The number of anilines is 5. The smallest absolute Gasteiger partial charge is 0.135 e. The molecule has 0 saturated heterocycles. The molecule has 0 amide bonds. The Morgan fingerprint density at radius 1 is 0.540 bits per heavy atom. The van der Waals surface area contributed by atoms with Gasteiger partial charge in [0.15, 0.2) is 0 Å². The number of rotatable bonds is 12. The van der Waals surface area contributed by atoms with E-state index in [9.17, 15) is 0 Å². The van der Waals surface area contributed by atoms with Crippen LogP contribution in [0.1, 0.15) is 22.3 Å². The van der Waals surface area contributed by atoms with E-state index in [0.717, 1.165) is 24.2 Å². The van der Waals surface area contributed by atoms with Gasteiger partial charge in [-0.1, -0.05) is 96.5 Å². The SMILES string of the molecule is Cl.Clc1cc(Nc2ccc(Cc3ccccc3)cc2)ncn1.NCCO.OCCNc1cc(Nc2ccc(Cc3ccccc3)cc2)ncn1. The average Bonchev–Trinajstić information content (AvgIpc) is 3.14. The average molecular weight is 714 g/mol. The van der Waals surface area contributed by atoms with Gasteiger partial charge in [0.25, 0.3) is 0 Å². The summed E-state index contributed by atoms with van der Waals surface area (Å²) in [5.41, 5.74) is 11.9. The second kappa shape index (κ2) is 22.5. The number of hydrogen-bond acceptors (Lipinski definition) is 10. The Kier molecular flexibility index (Phi) is 17.7. The van der Waals surface area contributed by atoms with Crippen LogP contribution in [0.4, 0.5) is 28.8 Å². The van der Waals surface area contributed by atoms with Crippen molar-refractivity contribution in [3.05, 3.63) is 161 Å². The van der Waals surface area contributed by atoms with Gasteiger partial charge < -0.3 is 31.9 Å². The molecule has 0 radical (unpaired) electrons. The normalized spacial score (nSPS) is 9.92. The summed E-state index contributed by atoms with van der Waals surface area (Å²) < 4.78 is 0. The van der Waals surface area contributed by atoms with Gasteiger partial charge in [0.2, 0.25) is 0 Å². The van der Waals surface area contributed by atoms with Crippen LogP contribution in [0.2, 0.25) is 5.15 Å². The van der Waals surface area contributed by atoms with Crippen molar-refractivity contribution in [3.8, 4) is 0 Å². The van der Waals surface area contributed by atoms with Crippen molar-refractivity contribution in [2.45, 2.75) is 12.8 Å². The third-order valence-electron chi connectivity index (χ3n) is 6.80. The number of aliphatic hydroxyl groups is 2. The number of nitrogens with zero attached hydrogens (tertiary/aromatic N) is 4. The fourth-order valence-corrected chi connectivity index (χ4v) is 4.63. The van der Waals surface area contributed by atoms with Gasteiger partial charge in [-0.25, -0.2) is 19.9 Å². The summed E-state index contributed by atoms with van der Waals surface area (Å²) in [4.78, 5) is 16.3. The molecule has 2 heterocycles. The molecule has 7 N–H and O–H groups in total. The summed E-state index contributed by atoms with van der Waals surface area (Å²) >= 11 is 5.84. The van der Waals surface area contributed by atoms with Crippen LogP contribution in [0.15, 0.2) is 134 Å². The lowest BCUT2D eigenvalue weighted by Gasteiger charge is -2.09. The van der Waals surface area contributed by atoms with Crippen molar-refractivity contribution in [2.75, 3.05) is 42.3 Å². The van der Waals surface area contributed by atoms with Crippen LogP contribution in [-0.2, 0) is 12.8 Å². The Balaban J connectivity index is 0.000000242. The predicted octanol–water partition coefficient (Wildman–Crippen LogP) is 7.04. The minimum atomic E-state index is 0. The number of hydrogen-bond donors (Lipinski definition) is 6. The Morgan fingerprint density at radius 2 is 0.960 bits per heavy atom. The van der Waals surface area contributed by atoms with E-state index in [0.29, 0.717) is 35.7 Å². The molecule has 50 heavy (non-hydrogen) atoms. The van der Waals surface area contributed by atoms with Crippen molar-refractivity contribution in [3.63, 3.8) is 0 Å². The highest BCUT2D eigenvalue weighted by molar-refractivity contribution is 6.29. The van der Waals surface area contributed by atoms with Crippen LogP contribution in [-0.4, -0.2) is 56.5 Å². The number of halogens is 2. The molecule has 260 valence electrons. The lowest BCUT2D eigenvalue weighted by Crippen LogP contribution is -2.07. The third kappa shape index (κ3) is 14.6. The Labute approximate surface area is 304 Å². The molecule has 6 rings (SSSR count). The monoisotopic (exact) mass is 712 g/mol. The summed E-state index contributed by atoms with van der Waals surface area (Å²) in [6, 6.07) is 40.9.